The van der Waals surface area contributed by atoms with Crippen LogP contribution in [0.4, 0.5) is 4.79 Å². The smallest absolute Gasteiger partial charge is 0.407 e. The average Bonchev–Trinajstić information content (AvgIpc) is 2.41. The minimum Gasteiger partial charge on any atom is -0.468 e. The largest absolute Gasteiger partial charge is 0.468 e. The van der Waals surface area contributed by atoms with Crippen LogP contribution in [0.25, 0.3) is 0 Å². The van der Waals surface area contributed by atoms with Crippen LogP contribution < -0.4 is 10.6 Å². The van der Waals surface area contributed by atoms with E-state index in [0.717, 1.165) is 0 Å². The number of hydrogen-bond donors (Lipinski definition) is 2. The van der Waals surface area contributed by atoms with Crippen molar-refractivity contribution in [2.24, 2.45) is 0 Å². The van der Waals surface area contributed by atoms with Crippen molar-refractivity contribution in [3.05, 3.63) is 0 Å². The van der Waals surface area contributed by atoms with E-state index in [4.69, 9.17) is 0 Å². The van der Waals surface area contributed by atoms with Crippen LogP contribution in [0.5, 0.6) is 0 Å². The molecule has 0 radical (unpaired) electrons. The Bertz CT molecular complexity index is 371. The fourth-order valence-electron chi connectivity index (χ4n) is 1.02. The van der Waals surface area contributed by atoms with Gasteiger partial charge in [-0.2, -0.15) is 0 Å². The average molecular weight is 338 g/mol. The van der Waals surface area contributed by atoms with Gasteiger partial charge < -0.3 is 20.1 Å². The van der Waals surface area contributed by atoms with E-state index in [1.165, 1.54) is 25.0 Å². The van der Waals surface area contributed by atoms with Crippen molar-refractivity contribution in [2.75, 3.05) is 26.5 Å². The van der Waals surface area contributed by atoms with E-state index < -0.39 is 24.0 Å². The Morgan fingerprint density at radius 3 is 2.24 bits per heavy atom. The van der Waals surface area contributed by atoms with Crippen LogP contribution in [0.15, 0.2) is 0 Å². The number of hydrogen-bond acceptors (Lipinski definition) is 7. The zero-order valence-corrected chi connectivity index (χ0v) is 14.5. The fraction of sp³-hybridized carbons (Fsp3) is 0.750. The molecule has 21 heavy (non-hydrogen) atoms. The topological polar surface area (TPSA) is 93.7 Å². The molecule has 0 saturated carbocycles. The minimum absolute atomic E-state index is 0.0307. The van der Waals surface area contributed by atoms with Crippen molar-refractivity contribution in [3.63, 3.8) is 0 Å². The van der Waals surface area contributed by atoms with Gasteiger partial charge >= 0.3 is 12.1 Å². The molecule has 0 aromatic rings. The number of amides is 2. The maximum absolute atomic E-state index is 12.0. The standard InChI is InChI=1S/C12H22N2O5S2/c1-12(2,3)21-20-7-8(14-11(17)19-5)10(16)13-6-9(15)18-4/h8H,6-7H2,1-5H3,(H,13,16)(H,14,17). The predicted molar refractivity (Wildman–Crippen MR) is 84.2 cm³/mol. The molecule has 0 aromatic heterocycles. The molecule has 122 valence electrons. The van der Waals surface area contributed by atoms with Crippen molar-refractivity contribution >= 4 is 39.6 Å². The number of esters is 1. The van der Waals surface area contributed by atoms with E-state index in [0.29, 0.717) is 5.75 Å². The van der Waals surface area contributed by atoms with Gasteiger partial charge in [-0.15, -0.1) is 0 Å². The van der Waals surface area contributed by atoms with E-state index in [1.807, 2.05) is 20.8 Å². The summed E-state index contributed by atoms with van der Waals surface area (Å²) in [6.07, 6.45) is -0.699. The van der Waals surface area contributed by atoms with Crippen LogP contribution in [0.2, 0.25) is 0 Å². The summed E-state index contributed by atoms with van der Waals surface area (Å²) in [6.45, 7) is 5.89. The van der Waals surface area contributed by atoms with Crippen LogP contribution in [-0.4, -0.2) is 55.3 Å². The van der Waals surface area contributed by atoms with Gasteiger partial charge in [0.1, 0.15) is 12.6 Å². The highest BCUT2D eigenvalue weighted by Crippen LogP contribution is 2.35. The number of carbonyl (C=O) groups excluding carboxylic acids is 3. The lowest BCUT2D eigenvalue weighted by Crippen LogP contribution is -2.49. The number of alkyl carbamates (subject to hydrolysis) is 1. The van der Waals surface area contributed by atoms with Crippen LogP contribution >= 0.6 is 21.6 Å². The molecule has 0 spiro atoms. The van der Waals surface area contributed by atoms with Crippen molar-refractivity contribution in [3.8, 4) is 0 Å². The molecule has 1 unspecified atom stereocenters. The number of nitrogens with one attached hydrogen (secondary N) is 2. The highest BCUT2D eigenvalue weighted by molar-refractivity contribution is 8.77. The fourth-order valence-corrected chi connectivity index (χ4v) is 3.48. The lowest BCUT2D eigenvalue weighted by atomic mass is 10.3. The third-order valence-corrected chi connectivity index (χ3v) is 5.32. The van der Waals surface area contributed by atoms with Crippen molar-refractivity contribution in [1.82, 2.24) is 10.6 Å². The first-order valence-corrected chi connectivity index (χ1v) is 8.51. The van der Waals surface area contributed by atoms with Crippen molar-refractivity contribution in [2.45, 2.75) is 31.6 Å². The molecule has 2 amide bonds. The summed E-state index contributed by atoms with van der Waals surface area (Å²) in [6, 6.07) is -0.790. The van der Waals surface area contributed by atoms with Crippen LogP contribution in [0, 0.1) is 0 Å². The van der Waals surface area contributed by atoms with Crippen molar-refractivity contribution < 1.29 is 23.9 Å². The highest BCUT2D eigenvalue weighted by atomic mass is 33.1. The van der Waals surface area contributed by atoms with Crippen LogP contribution in [0.1, 0.15) is 20.8 Å². The third kappa shape index (κ3) is 10.3. The highest BCUT2D eigenvalue weighted by Gasteiger charge is 2.23. The summed E-state index contributed by atoms with van der Waals surface area (Å²) in [5.74, 6) is -0.672. The van der Waals surface area contributed by atoms with E-state index in [2.05, 4.69) is 20.1 Å². The monoisotopic (exact) mass is 338 g/mol. The number of methoxy groups -OCH3 is 2. The second-order valence-corrected chi connectivity index (χ2v) is 8.13. The summed E-state index contributed by atoms with van der Waals surface area (Å²) in [4.78, 5) is 34.2. The molecule has 0 aliphatic carbocycles. The van der Waals surface area contributed by atoms with Gasteiger partial charge in [0, 0.05) is 10.5 Å². The quantitative estimate of drug-likeness (QED) is 0.532. The van der Waals surface area contributed by atoms with Crippen LogP contribution in [-0.2, 0) is 19.1 Å². The van der Waals surface area contributed by atoms with Crippen LogP contribution in [0.3, 0.4) is 0 Å². The Hall–Kier alpha value is -1.09. The Morgan fingerprint density at radius 1 is 1.14 bits per heavy atom. The number of rotatable bonds is 7. The summed E-state index contributed by atoms with van der Waals surface area (Å²) in [5, 5.41) is 4.84. The van der Waals surface area contributed by atoms with Gasteiger partial charge in [0.05, 0.1) is 14.2 Å². The molecule has 7 nitrogen and oxygen atoms in total. The van der Waals surface area contributed by atoms with Gasteiger partial charge in [0.2, 0.25) is 5.91 Å². The lowest BCUT2D eigenvalue weighted by molar-refractivity contribution is -0.141. The molecule has 9 heteroatoms. The summed E-state index contributed by atoms with van der Waals surface area (Å²) in [7, 11) is 5.50. The van der Waals surface area contributed by atoms with Gasteiger partial charge in [-0.25, -0.2) is 4.79 Å². The summed E-state index contributed by atoms with van der Waals surface area (Å²) >= 11 is 0. The molecule has 0 aromatic carbocycles. The molecule has 0 fully saturated rings. The Balaban J connectivity index is 4.46. The Morgan fingerprint density at radius 2 is 1.76 bits per heavy atom. The molecule has 0 aliphatic heterocycles. The SMILES string of the molecule is COC(=O)CNC(=O)C(CSSC(C)(C)C)NC(=O)OC. The molecule has 2 N–H and O–H groups in total. The molecule has 0 rings (SSSR count). The maximum Gasteiger partial charge on any atom is 0.407 e. The number of ether oxygens (including phenoxy) is 2. The van der Waals surface area contributed by atoms with E-state index in [-0.39, 0.29) is 11.3 Å². The first-order valence-electron chi connectivity index (χ1n) is 6.19. The third-order valence-electron chi connectivity index (χ3n) is 1.97. The second-order valence-electron chi connectivity index (χ2n) is 4.96. The maximum atomic E-state index is 12.0. The molecule has 0 heterocycles. The zero-order valence-electron chi connectivity index (χ0n) is 12.8. The van der Waals surface area contributed by atoms with Gasteiger partial charge in [-0.1, -0.05) is 42.4 Å². The van der Waals surface area contributed by atoms with E-state index >= 15 is 0 Å². The minimum atomic E-state index is -0.790. The second kappa shape index (κ2) is 9.78. The lowest BCUT2D eigenvalue weighted by Gasteiger charge is -2.20. The molecule has 0 aliphatic rings. The Kier molecular flexibility index (Phi) is 9.27. The molecular formula is C12H22N2O5S2. The van der Waals surface area contributed by atoms with E-state index in [1.54, 1.807) is 10.8 Å². The van der Waals surface area contributed by atoms with Crippen molar-refractivity contribution in [1.29, 1.82) is 0 Å². The first kappa shape index (κ1) is 19.9. The van der Waals surface area contributed by atoms with Gasteiger partial charge in [-0.05, 0) is 0 Å². The molecule has 0 bridgehead atoms. The molecule has 1 atom stereocenters. The zero-order chi connectivity index (χ0) is 16.5. The van der Waals surface area contributed by atoms with Gasteiger partial charge in [-0.3, -0.25) is 9.59 Å². The molecule has 0 saturated heterocycles. The number of carbonyl (C=O) groups is 3. The molecular weight excluding hydrogens is 316 g/mol. The normalized spacial score (nSPS) is 12.2. The first-order chi connectivity index (χ1) is 9.69. The predicted octanol–water partition coefficient (Wildman–Crippen LogP) is 1.18. The summed E-state index contributed by atoms with van der Waals surface area (Å²) in [5.41, 5.74) is 0. The van der Waals surface area contributed by atoms with Gasteiger partial charge in [0.25, 0.3) is 0 Å². The van der Waals surface area contributed by atoms with Gasteiger partial charge in [0.15, 0.2) is 0 Å². The Labute approximate surface area is 132 Å². The summed E-state index contributed by atoms with van der Waals surface area (Å²) < 4.78 is 8.95. The van der Waals surface area contributed by atoms with E-state index in [9.17, 15) is 14.4 Å².